The summed E-state index contributed by atoms with van der Waals surface area (Å²) in [5, 5.41) is 0. The van der Waals surface area contributed by atoms with Crippen molar-refractivity contribution in [3.63, 3.8) is 0 Å². The van der Waals surface area contributed by atoms with Crippen LogP contribution in [-0.4, -0.2) is 60.4 Å². The lowest BCUT2D eigenvalue weighted by Crippen LogP contribution is -2.48. The molecule has 6 heteroatoms. The maximum Gasteiger partial charge on any atom is 0.262 e. The lowest BCUT2D eigenvalue weighted by Gasteiger charge is -2.29. The van der Waals surface area contributed by atoms with Gasteiger partial charge in [0.1, 0.15) is 6.04 Å². The van der Waals surface area contributed by atoms with Crippen LogP contribution in [-0.2, 0) is 9.53 Å². The van der Waals surface area contributed by atoms with Crippen LogP contribution < -0.4 is 0 Å². The number of hydrogen-bond donors (Lipinski definition) is 0. The van der Waals surface area contributed by atoms with Crippen molar-refractivity contribution in [2.45, 2.75) is 32.2 Å². The molecule has 1 atom stereocenters. The van der Waals surface area contributed by atoms with Crippen LogP contribution in [0.5, 0.6) is 0 Å². The molecule has 25 heavy (non-hydrogen) atoms. The predicted molar refractivity (Wildman–Crippen MR) is 92.2 cm³/mol. The molecular formula is C19H24N2O4. The second kappa shape index (κ2) is 7.35. The first-order chi connectivity index (χ1) is 12.0. The highest BCUT2D eigenvalue weighted by Crippen LogP contribution is 2.25. The number of imide groups is 1. The molecule has 0 saturated carbocycles. The summed E-state index contributed by atoms with van der Waals surface area (Å²) in [6.45, 7) is 3.81. The number of benzene rings is 1. The maximum absolute atomic E-state index is 12.7. The third-order valence-electron chi connectivity index (χ3n) is 5.16. The van der Waals surface area contributed by atoms with Crippen molar-refractivity contribution in [2.75, 3.05) is 26.8 Å². The number of carbonyl (C=O) groups excluding carboxylic acids is 3. The number of nitrogens with zero attached hydrogens (tertiary/aromatic N) is 2. The number of hydrogen-bond acceptors (Lipinski definition) is 4. The predicted octanol–water partition coefficient (Wildman–Crippen LogP) is 1.95. The molecule has 1 aromatic carbocycles. The van der Waals surface area contributed by atoms with Gasteiger partial charge in [0.15, 0.2) is 0 Å². The third kappa shape index (κ3) is 3.44. The van der Waals surface area contributed by atoms with Gasteiger partial charge in [0.05, 0.1) is 11.1 Å². The van der Waals surface area contributed by atoms with Gasteiger partial charge in [0.25, 0.3) is 11.8 Å². The number of carbonyl (C=O) groups is 3. The van der Waals surface area contributed by atoms with Crippen molar-refractivity contribution < 1.29 is 19.1 Å². The summed E-state index contributed by atoms with van der Waals surface area (Å²) < 4.78 is 5.35. The lowest BCUT2D eigenvalue weighted by atomic mass is 9.96. The van der Waals surface area contributed by atoms with Gasteiger partial charge in [-0.1, -0.05) is 12.1 Å². The highest BCUT2D eigenvalue weighted by atomic mass is 16.5. The molecule has 6 nitrogen and oxygen atoms in total. The highest BCUT2D eigenvalue weighted by molar-refractivity contribution is 6.22. The minimum absolute atomic E-state index is 0.207. The van der Waals surface area contributed by atoms with E-state index in [0.717, 1.165) is 37.4 Å². The van der Waals surface area contributed by atoms with Crippen LogP contribution in [0.2, 0.25) is 0 Å². The Balaban J connectivity index is 1.62. The fourth-order valence-electron chi connectivity index (χ4n) is 3.51. The summed E-state index contributed by atoms with van der Waals surface area (Å²) in [6, 6.07) is 5.90. The molecule has 2 heterocycles. The fourth-order valence-corrected chi connectivity index (χ4v) is 3.51. The van der Waals surface area contributed by atoms with Crippen LogP contribution in [0.25, 0.3) is 0 Å². The van der Waals surface area contributed by atoms with E-state index in [1.54, 1.807) is 43.1 Å². The topological polar surface area (TPSA) is 66.9 Å². The summed E-state index contributed by atoms with van der Waals surface area (Å²) in [5.41, 5.74) is 0.744. The second-order valence-electron chi connectivity index (χ2n) is 6.81. The Bertz CT molecular complexity index is 647. The Hall–Kier alpha value is -2.21. The van der Waals surface area contributed by atoms with Crippen LogP contribution in [0.4, 0.5) is 0 Å². The quantitative estimate of drug-likeness (QED) is 0.766. The molecule has 3 amide bonds. The van der Waals surface area contributed by atoms with E-state index in [-0.39, 0.29) is 17.7 Å². The van der Waals surface area contributed by atoms with Gasteiger partial charge < -0.3 is 9.64 Å². The molecule has 1 aromatic rings. The summed E-state index contributed by atoms with van der Waals surface area (Å²) in [5.74, 6) is -0.418. The zero-order chi connectivity index (χ0) is 18.0. The SMILES string of the molecule is CC(C(=O)N(C)CCC1CCOCC1)N1C(=O)c2ccccc2C1=O. The standard InChI is InChI=1S/C19H24N2O4/c1-13(17(22)20(2)10-7-14-8-11-25-12-9-14)21-18(23)15-5-3-4-6-16(15)19(21)24/h3-6,13-14H,7-12H2,1-2H3. The summed E-state index contributed by atoms with van der Waals surface area (Å²) in [7, 11) is 1.73. The van der Waals surface area contributed by atoms with Gasteiger partial charge in [-0.2, -0.15) is 0 Å². The van der Waals surface area contributed by atoms with Crippen LogP contribution in [0.1, 0.15) is 46.9 Å². The monoisotopic (exact) mass is 344 g/mol. The second-order valence-corrected chi connectivity index (χ2v) is 6.81. The van der Waals surface area contributed by atoms with E-state index < -0.39 is 6.04 Å². The molecule has 3 rings (SSSR count). The normalized spacial score (nSPS) is 19.0. The summed E-state index contributed by atoms with van der Waals surface area (Å²) in [4.78, 5) is 40.4. The van der Waals surface area contributed by atoms with Crippen molar-refractivity contribution >= 4 is 17.7 Å². The van der Waals surface area contributed by atoms with Crippen molar-refractivity contribution in [3.8, 4) is 0 Å². The average Bonchev–Trinajstić information content (AvgIpc) is 2.90. The van der Waals surface area contributed by atoms with E-state index >= 15 is 0 Å². The van der Waals surface area contributed by atoms with E-state index in [2.05, 4.69) is 0 Å². The smallest absolute Gasteiger partial charge is 0.262 e. The number of ether oxygens (including phenoxy) is 1. The van der Waals surface area contributed by atoms with Crippen LogP contribution in [0, 0.1) is 5.92 Å². The number of likely N-dealkylation sites (N-methyl/N-ethyl adjacent to an activating group) is 1. The molecule has 2 aliphatic heterocycles. The Kier molecular flexibility index (Phi) is 5.18. The molecule has 0 aromatic heterocycles. The Morgan fingerprint density at radius 3 is 2.32 bits per heavy atom. The number of fused-ring (bicyclic) bond motifs is 1. The van der Waals surface area contributed by atoms with Gasteiger partial charge in [-0.25, -0.2) is 0 Å². The first-order valence-corrected chi connectivity index (χ1v) is 8.80. The van der Waals surface area contributed by atoms with Crippen LogP contribution in [0.15, 0.2) is 24.3 Å². The third-order valence-corrected chi connectivity index (χ3v) is 5.16. The highest BCUT2D eigenvalue weighted by Gasteiger charge is 2.41. The molecule has 1 fully saturated rings. The van der Waals surface area contributed by atoms with E-state index in [1.165, 1.54) is 0 Å². The van der Waals surface area contributed by atoms with Gasteiger partial charge in [0, 0.05) is 26.8 Å². The van der Waals surface area contributed by atoms with E-state index in [9.17, 15) is 14.4 Å². The van der Waals surface area contributed by atoms with Crippen LogP contribution >= 0.6 is 0 Å². The molecule has 0 aliphatic carbocycles. The molecule has 0 N–H and O–H groups in total. The molecule has 0 spiro atoms. The van der Waals surface area contributed by atoms with Crippen molar-refractivity contribution in [1.29, 1.82) is 0 Å². The van der Waals surface area contributed by atoms with Gasteiger partial charge >= 0.3 is 0 Å². The summed E-state index contributed by atoms with van der Waals surface area (Å²) in [6.07, 6.45) is 2.96. The van der Waals surface area contributed by atoms with E-state index in [1.807, 2.05) is 0 Å². The van der Waals surface area contributed by atoms with Gasteiger partial charge in [-0.15, -0.1) is 0 Å². The number of amides is 3. The van der Waals surface area contributed by atoms with Gasteiger partial charge in [-0.05, 0) is 44.2 Å². The minimum atomic E-state index is -0.799. The largest absolute Gasteiger partial charge is 0.381 e. The molecule has 134 valence electrons. The molecular weight excluding hydrogens is 320 g/mol. The summed E-state index contributed by atoms with van der Waals surface area (Å²) >= 11 is 0. The van der Waals surface area contributed by atoms with E-state index in [4.69, 9.17) is 4.74 Å². The lowest BCUT2D eigenvalue weighted by molar-refractivity contribution is -0.133. The van der Waals surface area contributed by atoms with E-state index in [0.29, 0.717) is 23.6 Å². The zero-order valence-electron chi connectivity index (χ0n) is 14.7. The zero-order valence-corrected chi connectivity index (χ0v) is 14.7. The van der Waals surface area contributed by atoms with Gasteiger partial charge in [-0.3, -0.25) is 19.3 Å². The molecule has 1 saturated heterocycles. The fraction of sp³-hybridized carbons (Fsp3) is 0.526. The first kappa shape index (κ1) is 17.6. The Morgan fingerprint density at radius 1 is 1.20 bits per heavy atom. The van der Waals surface area contributed by atoms with Crippen LogP contribution in [0.3, 0.4) is 0 Å². The molecule has 1 unspecified atom stereocenters. The molecule has 2 aliphatic rings. The minimum Gasteiger partial charge on any atom is -0.381 e. The van der Waals surface area contributed by atoms with Crippen molar-refractivity contribution in [1.82, 2.24) is 9.80 Å². The Labute approximate surface area is 147 Å². The first-order valence-electron chi connectivity index (χ1n) is 8.80. The molecule has 0 bridgehead atoms. The molecule has 0 radical (unpaired) electrons. The maximum atomic E-state index is 12.7. The number of rotatable bonds is 5. The van der Waals surface area contributed by atoms with Crippen molar-refractivity contribution in [3.05, 3.63) is 35.4 Å². The average molecular weight is 344 g/mol. The van der Waals surface area contributed by atoms with Crippen molar-refractivity contribution in [2.24, 2.45) is 5.92 Å². The van der Waals surface area contributed by atoms with Gasteiger partial charge in [0.2, 0.25) is 5.91 Å². The Morgan fingerprint density at radius 2 is 1.76 bits per heavy atom.